The van der Waals surface area contributed by atoms with Crippen molar-refractivity contribution in [2.45, 2.75) is 39.3 Å². The number of hydrogen-bond acceptors (Lipinski definition) is 5. The number of alkyl carbamates (subject to hydrolysis) is 1. The molecule has 1 amide bonds. The van der Waals surface area contributed by atoms with E-state index in [1.54, 1.807) is 37.5 Å². The number of ether oxygens (including phenoxy) is 2. The second kappa shape index (κ2) is 7.43. The first-order valence-corrected chi connectivity index (χ1v) is 8.64. The normalized spacial score (nSPS) is 12.7. The molecule has 2 aromatic heterocycles. The van der Waals surface area contributed by atoms with Crippen LogP contribution in [-0.2, 0) is 9.47 Å². The predicted molar refractivity (Wildman–Crippen MR) is 97.7 cm³/mol. The van der Waals surface area contributed by atoms with Gasteiger partial charge in [-0.25, -0.2) is 14.6 Å². The van der Waals surface area contributed by atoms with Crippen LogP contribution in [0.1, 0.15) is 44.2 Å². The Hall–Kier alpha value is -2.09. The average molecular weight is 412 g/mol. The van der Waals surface area contributed by atoms with Crippen molar-refractivity contribution >= 4 is 39.0 Å². The maximum Gasteiger partial charge on any atom is 0.407 e. The van der Waals surface area contributed by atoms with Crippen molar-refractivity contribution in [2.24, 2.45) is 0 Å². The summed E-state index contributed by atoms with van der Waals surface area (Å²) in [6.07, 6.45) is -0.510. The van der Waals surface area contributed by atoms with Gasteiger partial charge in [0.1, 0.15) is 21.5 Å². The molecule has 2 heterocycles. The van der Waals surface area contributed by atoms with E-state index in [2.05, 4.69) is 26.2 Å². The molecule has 0 aliphatic heterocycles. The maximum atomic E-state index is 12.1. The maximum absolute atomic E-state index is 12.1. The van der Waals surface area contributed by atoms with Gasteiger partial charge in [0, 0.05) is 11.9 Å². The standard InChI is InChI=1S/C17H22BrN3O4/c1-10(9-19-16(23)25-17(2,3)4)21-12(15(22)24-5)8-11-6-7-13(18)20-14(11)21/h6-8,10H,9H2,1-5H3,(H,19,23)/t10-/m1/s1. The van der Waals surface area contributed by atoms with Crippen molar-refractivity contribution in [1.82, 2.24) is 14.9 Å². The number of carbonyl (C=O) groups excluding carboxylic acids is 2. The second-order valence-electron chi connectivity index (χ2n) is 6.67. The molecule has 0 unspecified atom stereocenters. The van der Waals surface area contributed by atoms with Crippen LogP contribution in [0.15, 0.2) is 22.8 Å². The van der Waals surface area contributed by atoms with Gasteiger partial charge in [-0.05, 0) is 61.8 Å². The minimum Gasteiger partial charge on any atom is -0.464 e. The fourth-order valence-corrected chi connectivity index (χ4v) is 2.72. The van der Waals surface area contributed by atoms with E-state index in [4.69, 9.17) is 9.47 Å². The number of nitrogens with zero attached hydrogens (tertiary/aromatic N) is 2. The molecule has 0 radical (unpaired) electrons. The van der Waals surface area contributed by atoms with Gasteiger partial charge in [0.15, 0.2) is 0 Å². The number of esters is 1. The van der Waals surface area contributed by atoms with E-state index >= 15 is 0 Å². The molecule has 2 aromatic rings. The highest BCUT2D eigenvalue weighted by Crippen LogP contribution is 2.25. The molecule has 136 valence electrons. The van der Waals surface area contributed by atoms with Crippen molar-refractivity contribution in [3.63, 3.8) is 0 Å². The number of aromatic nitrogens is 2. The molecule has 1 N–H and O–H groups in total. The topological polar surface area (TPSA) is 82.5 Å². The minimum absolute atomic E-state index is 0.235. The summed E-state index contributed by atoms with van der Waals surface area (Å²) < 4.78 is 12.5. The first-order chi connectivity index (χ1) is 11.6. The van der Waals surface area contributed by atoms with E-state index in [1.807, 2.05) is 13.0 Å². The monoisotopic (exact) mass is 411 g/mol. The lowest BCUT2D eigenvalue weighted by molar-refractivity contribution is 0.0521. The van der Waals surface area contributed by atoms with Crippen molar-refractivity contribution in [3.8, 4) is 0 Å². The first kappa shape index (κ1) is 19.2. The highest BCUT2D eigenvalue weighted by atomic mass is 79.9. The molecule has 0 saturated carbocycles. The van der Waals surface area contributed by atoms with Crippen LogP contribution in [0, 0.1) is 0 Å². The second-order valence-corrected chi connectivity index (χ2v) is 7.48. The quantitative estimate of drug-likeness (QED) is 0.612. The van der Waals surface area contributed by atoms with Gasteiger partial charge in [0.25, 0.3) is 0 Å². The summed E-state index contributed by atoms with van der Waals surface area (Å²) >= 11 is 3.34. The van der Waals surface area contributed by atoms with E-state index in [9.17, 15) is 9.59 Å². The third-order valence-corrected chi connectivity index (χ3v) is 3.87. The van der Waals surface area contributed by atoms with Crippen LogP contribution in [0.5, 0.6) is 0 Å². The summed E-state index contributed by atoms with van der Waals surface area (Å²) in [5.41, 5.74) is 0.437. The molecule has 0 saturated heterocycles. The zero-order valence-electron chi connectivity index (χ0n) is 14.9. The smallest absolute Gasteiger partial charge is 0.407 e. The van der Waals surface area contributed by atoms with Gasteiger partial charge in [-0.2, -0.15) is 0 Å². The molecule has 0 aliphatic rings. The molecule has 25 heavy (non-hydrogen) atoms. The summed E-state index contributed by atoms with van der Waals surface area (Å²) in [7, 11) is 1.33. The summed E-state index contributed by atoms with van der Waals surface area (Å²) in [5, 5.41) is 3.53. The van der Waals surface area contributed by atoms with Gasteiger partial charge >= 0.3 is 12.1 Å². The molecule has 0 bridgehead atoms. The molecule has 0 spiro atoms. The Morgan fingerprint density at radius 3 is 2.64 bits per heavy atom. The van der Waals surface area contributed by atoms with Gasteiger partial charge in [-0.15, -0.1) is 0 Å². The summed E-state index contributed by atoms with van der Waals surface area (Å²) in [5.74, 6) is -0.460. The average Bonchev–Trinajstić information content (AvgIpc) is 2.88. The lowest BCUT2D eigenvalue weighted by atomic mass is 10.2. The number of rotatable bonds is 4. The van der Waals surface area contributed by atoms with Crippen molar-refractivity contribution in [2.75, 3.05) is 13.7 Å². The first-order valence-electron chi connectivity index (χ1n) is 7.85. The third-order valence-electron chi connectivity index (χ3n) is 3.43. The predicted octanol–water partition coefficient (Wildman–Crippen LogP) is 3.67. The van der Waals surface area contributed by atoms with Crippen molar-refractivity contribution in [1.29, 1.82) is 0 Å². The number of hydrogen-bond donors (Lipinski definition) is 1. The Kier molecular flexibility index (Phi) is 5.72. The van der Waals surface area contributed by atoms with Crippen molar-refractivity contribution in [3.05, 3.63) is 28.5 Å². The Morgan fingerprint density at radius 1 is 1.36 bits per heavy atom. The van der Waals surface area contributed by atoms with Crippen LogP contribution in [-0.4, -0.2) is 40.9 Å². The Morgan fingerprint density at radius 2 is 2.04 bits per heavy atom. The lowest BCUT2D eigenvalue weighted by Gasteiger charge is -2.22. The molecule has 2 rings (SSSR count). The number of halogens is 1. The minimum atomic E-state index is -0.572. The van der Waals surface area contributed by atoms with E-state index in [0.29, 0.717) is 15.9 Å². The largest absolute Gasteiger partial charge is 0.464 e. The van der Waals surface area contributed by atoms with E-state index in [0.717, 1.165) is 5.39 Å². The van der Waals surface area contributed by atoms with Crippen molar-refractivity contribution < 1.29 is 19.1 Å². The van der Waals surface area contributed by atoms with Gasteiger partial charge < -0.3 is 19.4 Å². The number of carbonyl (C=O) groups is 2. The van der Waals surface area contributed by atoms with E-state index in [1.165, 1.54) is 7.11 Å². The molecule has 1 atom stereocenters. The number of amides is 1. The summed E-state index contributed by atoms with van der Waals surface area (Å²) in [6.45, 7) is 7.55. The van der Waals surface area contributed by atoms with Gasteiger partial charge in [0.05, 0.1) is 13.2 Å². The van der Waals surface area contributed by atoms with E-state index < -0.39 is 17.7 Å². The molecule has 8 heteroatoms. The molecule has 0 aliphatic carbocycles. The zero-order valence-corrected chi connectivity index (χ0v) is 16.5. The van der Waals surface area contributed by atoms with Crippen LogP contribution in [0.25, 0.3) is 11.0 Å². The Balaban J connectivity index is 2.29. The van der Waals surface area contributed by atoms with Gasteiger partial charge in [-0.3, -0.25) is 0 Å². The van der Waals surface area contributed by atoms with E-state index in [-0.39, 0.29) is 12.6 Å². The number of fused-ring (bicyclic) bond motifs is 1. The van der Waals surface area contributed by atoms with Crippen LogP contribution in [0.3, 0.4) is 0 Å². The fourth-order valence-electron chi connectivity index (χ4n) is 2.42. The molecular formula is C17H22BrN3O4. The number of pyridine rings is 1. The van der Waals surface area contributed by atoms with Crippen LogP contribution >= 0.6 is 15.9 Å². The SMILES string of the molecule is COC(=O)c1cc2ccc(Br)nc2n1[C@H](C)CNC(=O)OC(C)(C)C. The number of methoxy groups -OCH3 is 1. The van der Waals surface area contributed by atoms with Crippen LogP contribution < -0.4 is 5.32 Å². The van der Waals surface area contributed by atoms with Gasteiger partial charge in [-0.1, -0.05) is 0 Å². The fraction of sp³-hybridized carbons (Fsp3) is 0.471. The van der Waals surface area contributed by atoms with Crippen LogP contribution in [0.4, 0.5) is 4.79 Å². The highest BCUT2D eigenvalue weighted by Gasteiger charge is 2.22. The lowest BCUT2D eigenvalue weighted by Crippen LogP contribution is -2.35. The summed E-state index contributed by atoms with van der Waals surface area (Å²) in [6, 6.07) is 5.16. The molecular weight excluding hydrogens is 390 g/mol. The Bertz CT molecular complexity index is 795. The highest BCUT2D eigenvalue weighted by molar-refractivity contribution is 9.10. The number of nitrogens with one attached hydrogen (secondary N) is 1. The third kappa shape index (κ3) is 4.72. The molecule has 7 nitrogen and oxygen atoms in total. The summed E-state index contributed by atoms with van der Waals surface area (Å²) in [4.78, 5) is 28.4. The molecule has 0 aromatic carbocycles. The van der Waals surface area contributed by atoms with Crippen LogP contribution in [0.2, 0.25) is 0 Å². The van der Waals surface area contributed by atoms with Gasteiger partial charge in [0.2, 0.25) is 0 Å². The Labute approximate surface area is 154 Å². The zero-order chi connectivity index (χ0) is 18.8. The molecule has 0 fully saturated rings.